The summed E-state index contributed by atoms with van der Waals surface area (Å²) in [5.41, 5.74) is 6.25. The van der Waals surface area contributed by atoms with Crippen molar-refractivity contribution in [2.75, 3.05) is 12.3 Å². The fourth-order valence-corrected chi connectivity index (χ4v) is 2.51. The number of ether oxygens (including phenoxy) is 1. The first-order valence-corrected chi connectivity index (χ1v) is 6.12. The Morgan fingerprint density at radius 1 is 1.68 bits per heavy atom. The zero-order valence-electron chi connectivity index (χ0n) is 10.5. The number of imidazole rings is 1. The number of H-pyrrole nitrogens is 1. The minimum absolute atomic E-state index is 0.00201. The molecule has 0 unspecified atom stereocenters. The summed E-state index contributed by atoms with van der Waals surface area (Å²) in [6, 6.07) is 0. The lowest BCUT2D eigenvalue weighted by atomic mass is 10.2. The van der Waals surface area contributed by atoms with Crippen molar-refractivity contribution in [1.82, 2.24) is 14.5 Å². The summed E-state index contributed by atoms with van der Waals surface area (Å²) in [6.45, 7) is -0.00201. The van der Waals surface area contributed by atoms with Gasteiger partial charge in [0, 0.05) is 6.42 Å². The number of nitrogens with one attached hydrogen (secondary N) is 1. The van der Waals surface area contributed by atoms with Crippen LogP contribution in [-0.2, 0) is 11.8 Å². The van der Waals surface area contributed by atoms with Gasteiger partial charge in [-0.1, -0.05) is 4.98 Å². The van der Waals surface area contributed by atoms with Crippen molar-refractivity contribution in [3.63, 3.8) is 0 Å². The molecule has 4 N–H and O–H groups in total. The molecule has 1 saturated heterocycles. The SMILES string of the molecule is Cn1c[n+]([C@H]2CC[C@@H](CO)O2)c2nc(N)[nH]c(=O)c21. The summed E-state index contributed by atoms with van der Waals surface area (Å²) >= 11 is 0. The molecule has 3 heterocycles. The minimum Gasteiger partial charge on any atom is -0.394 e. The summed E-state index contributed by atoms with van der Waals surface area (Å²) in [7, 11) is 1.77. The quantitative estimate of drug-likeness (QED) is 0.591. The number of aromatic amines is 1. The van der Waals surface area contributed by atoms with Gasteiger partial charge in [-0.05, 0) is 6.42 Å². The van der Waals surface area contributed by atoms with E-state index in [1.54, 1.807) is 22.5 Å². The molecule has 0 spiro atoms. The number of aromatic nitrogens is 4. The van der Waals surface area contributed by atoms with Crippen LogP contribution in [0, 0.1) is 0 Å². The van der Waals surface area contributed by atoms with Crippen molar-refractivity contribution in [3.8, 4) is 0 Å². The van der Waals surface area contributed by atoms with Gasteiger partial charge in [0.1, 0.15) is 0 Å². The monoisotopic (exact) mass is 266 g/mol. The maximum absolute atomic E-state index is 11.9. The molecule has 1 fully saturated rings. The van der Waals surface area contributed by atoms with Crippen molar-refractivity contribution in [2.45, 2.75) is 25.2 Å². The van der Waals surface area contributed by atoms with E-state index in [2.05, 4.69) is 9.97 Å². The molecule has 0 amide bonds. The van der Waals surface area contributed by atoms with Gasteiger partial charge in [-0.25, -0.2) is 4.57 Å². The van der Waals surface area contributed by atoms with E-state index in [0.29, 0.717) is 11.2 Å². The predicted molar refractivity (Wildman–Crippen MR) is 66.2 cm³/mol. The Morgan fingerprint density at radius 2 is 2.47 bits per heavy atom. The van der Waals surface area contributed by atoms with Crippen molar-refractivity contribution in [3.05, 3.63) is 16.7 Å². The van der Waals surface area contributed by atoms with E-state index in [4.69, 9.17) is 15.6 Å². The predicted octanol–water partition coefficient (Wildman–Crippen LogP) is -1.20. The molecule has 0 aliphatic carbocycles. The van der Waals surface area contributed by atoms with Gasteiger partial charge in [0.15, 0.2) is 12.6 Å². The van der Waals surface area contributed by atoms with Crippen molar-refractivity contribution < 1.29 is 14.4 Å². The van der Waals surface area contributed by atoms with E-state index < -0.39 is 0 Å². The number of hydrogen-bond acceptors (Lipinski definition) is 5. The highest BCUT2D eigenvalue weighted by Gasteiger charge is 2.32. The number of fused-ring (bicyclic) bond motifs is 1. The summed E-state index contributed by atoms with van der Waals surface area (Å²) in [6.07, 6.45) is 2.92. The number of hydrogen-bond donors (Lipinski definition) is 3. The Hall–Kier alpha value is -1.93. The molecule has 2 aromatic rings. The van der Waals surface area contributed by atoms with Crippen molar-refractivity contribution >= 4 is 17.1 Å². The summed E-state index contributed by atoms with van der Waals surface area (Å²) < 4.78 is 9.18. The Labute approximate surface area is 108 Å². The fourth-order valence-electron chi connectivity index (χ4n) is 2.51. The Balaban J connectivity index is 2.12. The summed E-state index contributed by atoms with van der Waals surface area (Å²) in [5.74, 6) is 0.0779. The van der Waals surface area contributed by atoms with Crippen LogP contribution >= 0.6 is 0 Å². The zero-order valence-corrected chi connectivity index (χ0v) is 10.5. The van der Waals surface area contributed by atoms with Crippen molar-refractivity contribution in [1.29, 1.82) is 0 Å². The molecule has 2 atom stereocenters. The topological polar surface area (TPSA) is 110 Å². The average Bonchev–Trinajstić information content (AvgIpc) is 2.93. The third kappa shape index (κ3) is 1.89. The molecule has 102 valence electrons. The van der Waals surface area contributed by atoms with Gasteiger partial charge in [-0.3, -0.25) is 14.3 Å². The average molecular weight is 266 g/mol. The van der Waals surface area contributed by atoms with Gasteiger partial charge in [0.25, 0.3) is 11.5 Å². The molecule has 2 aromatic heterocycles. The smallest absolute Gasteiger partial charge is 0.313 e. The highest BCUT2D eigenvalue weighted by molar-refractivity contribution is 5.66. The van der Waals surface area contributed by atoms with E-state index in [-0.39, 0.29) is 30.4 Å². The van der Waals surface area contributed by atoms with Gasteiger partial charge >= 0.3 is 5.65 Å². The van der Waals surface area contributed by atoms with E-state index >= 15 is 0 Å². The Morgan fingerprint density at radius 3 is 3.16 bits per heavy atom. The number of rotatable bonds is 2. The number of nitrogens with two attached hydrogens (primary N) is 1. The molecule has 0 bridgehead atoms. The molecule has 1 aliphatic heterocycles. The number of aliphatic hydroxyl groups is 1. The van der Waals surface area contributed by atoms with Crippen molar-refractivity contribution in [2.24, 2.45) is 7.05 Å². The number of nitrogen functional groups attached to an aromatic ring is 1. The van der Waals surface area contributed by atoms with Gasteiger partial charge in [0.05, 0.1) is 19.8 Å². The first-order chi connectivity index (χ1) is 9.10. The molecule has 3 rings (SSSR count). The molecular weight excluding hydrogens is 250 g/mol. The number of aliphatic hydroxyl groups excluding tert-OH is 1. The van der Waals surface area contributed by atoms with E-state index in [9.17, 15) is 4.79 Å². The molecule has 8 nitrogen and oxygen atoms in total. The normalized spacial score (nSPS) is 23.3. The van der Waals surface area contributed by atoms with E-state index in [1.165, 1.54) is 0 Å². The Bertz CT molecular complexity index is 677. The van der Waals surface area contributed by atoms with Crippen LogP contribution in [0.5, 0.6) is 0 Å². The molecule has 8 heteroatoms. The lowest BCUT2D eigenvalue weighted by Gasteiger charge is -2.09. The lowest BCUT2D eigenvalue weighted by molar-refractivity contribution is -0.739. The van der Waals surface area contributed by atoms with Crippen LogP contribution in [0.4, 0.5) is 5.95 Å². The fraction of sp³-hybridized carbons (Fsp3) is 0.545. The highest BCUT2D eigenvalue weighted by Crippen LogP contribution is 2.24. The maximum atomic E-state index is 11.9. The molecule has 0 aromatic carbocycles. The molecular formula is C11H16N5O3+. The van der Waals surface area contributed by atoms with Crippen LogP contribution in [0.25, 0.3) is 11.2 Å². The second-order valence-electron chi connectivity index (χ2n) is 4.73. The standard InChI is InChI=1S/C11H15N5O3/c1-15-5-16(7-3-2-6(4-17)19-7)9-8(15)10(18)14-11(12)13-9/h5-7,17H,2-4H2,1H3,(H2-,12,13,14,18)/p+1/t6-,7+/m0/s1. The minimum atomic E-state index is -0.277. The van der Waals surface area contributed by atoms with Crippen LogP contribution < -0.4 is 15.9 Å². The zero-order chi connectivity index (χ0) is 13.6. The van der Waals surface area contributed by atoms with Crippen LogP contribution in [0.3, 0.4) is 0 Å². The Kier molecular flexibility index (Phi) is 2.76. The summed E-state index contributed by atoms with van der Waals surface area (Å²) in [5, 5.41) is 9.11. The maximum Gasteiger partial charge on any atom is 0.313 e. The third-order valence-corrected chi connectivity index (χ3v) is 3.39. The van der Waals surface area contributed by atoms with Gasteiger partial charge < -0.3 is 15.6 Å². The largest absolute Gasteiger partial charge is 0.394 e. The third-order valence-electron chi connectivity index (χ3n) is 3.39. The lowest BCUT2D eigenvalue weighted by Crippen LogP contribution is -2.39. The van der Waals surface area contributed by atoms with Gasteiger partial charge in [-0.2, -0.15) is 0 Å². The molecule has 0 saturated carbocycles. The van der Waals surface area contributed by atoms with Crippen LogP contribution in [0.1, 0.15) is 19.1 Å². The second-order valence-corrected chi connectivity index (χ2v) is 4.73. The van der Waals surface area contributed by atoms with E-state index in [0.717, 1.165) is 12.8 Å². The molecule has 0 radical (unpaired) electrons. The van der Waals surface area contributed by atoms with Gasteiger partial charge in [-0.15, -0.1) is 0 Å². The number of anilines is 1. The van der Waals surface area contributed by atoms with E-state index in [1.807, 2.05) is 0 Å². The summed E-state index contributed by atoms with van der Waals surface area (Å²) in [4.78, 5) is 18.5. The number of aryl methyl sites for hydroxylation is 1. The second kappa shape index (κ2) is 4.32. The number of nitrogens with zero attached hydrogens (tertiary/aromatic N) is 3. The highest BCUT2D eigenvalue weighted by atomic mass is 16.5. The first kappa shape index (κ1) is 12.1. The molecule has 1 aliphatic rings. The first-order valence-electron chi connectivity index (χ1n) is 6.12. The van der Waals surface area contributed by atoms with Gasteiger partial charge in [0.2, 0.25) is 5.52 Å². The molecule has 19 heavy (non-hydrogen) atoms. The van der Waals surface area contributed by atoms with Crippen LogP contribution in [0.15, 0.2) is 11.1 Å². The van der Waals surface area contributed by atoms with Crippen LogP contribution in [-0.4, -0.2) is 32.4 Å². The van der Waals surface area contributed by atoms with Crippen LogP contribution in [0.2, 0.25) is 0 Å².